The summed E-state index contributed by atoms with van der Waals surface area (Å²) in [6, 6.07) is 0. The fourth-order valence-corrected chi connectivity index (χ4v) is 0.750. The molecule has 0 rings (SSSR count). The SMILES string of the molecule is CC.CC(C)(C)C.CC(C)(C)CCC(C)(C)C.CCC(C)(C)C.CCC(C)(C)C.CCC(C)(C)C. The largest absolute Gasteiger partial charge is 0.0683 e. The van der Waals surface area contributed by atoms with Gasteiger partial charge in [0.25, 0.3) is 0 Å². The van der Waals surface area contributed by atoms with Gasteiger partial charge >= 0.3 is 0 Å². The Morgan fingerprint density at radius 2 is 0.371 bits per heavy atom. The van der Waals surface area contributed by atoms with Crippen molar-refractivity contribution in [1.29, 1.82) is 0 Å². The normalized spacial score (nSPS) is 12.0. The summed E-state index contributed by atoms with van der Waals surface area (Å²) in [6.45, 7) is 53.4. The van der Waals surface area contributed by atoms with Crippen molar-refractivity contribution in [3.63, 3.8) is 0 Å². The van der Waals surface area contributed by atoms with Gasteiger partial charge in [-0.05, 0) is 45.3 Å². The zero-order valence-corrected chi connectivity index (χ0v) is 30.5. The molecule has 0 aromatic rings. The minimum absolute atomic E-state index is 0.500. The van der Waals surface area contributed by atoms with E-state index in [-0.39, 0.29) is 0 Å². The average molecular weight is 503 g/mol. The van der Waals surface area contributed by atoms with Gasteiger partial charge in [0.15, 0.2) is 0 Å². The third-order valence-electron chi connectivity index (χ3n) is 4.81. The van der Waals surface area contributed by atoms with Crippen molar-refractivity contribution < 1.29 is 0 Å². The molecular weight excluding hydrogens is 420 g/mol. The van der Waals surface area contributed by atoms with Gasteiger partial charge in [-0.2, -0.15) is 0 Å². The first-order chi connectivity index (χ1) is 14.9. The molecule has 0 saturated heterocycles. The van der Waals surface area contributed by atoms with Crippen LogP contribution in [0.4, 0.5) is 0 Å². The first kappa shape index (κ1) is 48.1. The maximum Gasteiger partial charge on any atom is -0.0382 e. The van der Waals surface area contributed by atoms with Crippen molar-refractivity contribution in [3.8, 4) is 0 Å². The molecule has 0 bridgehead atoms. The smallest absolute Gasteiger partial charge is 0.0382 e. The zero-order chi connectivity index (χ0) is 30.5. The lowest BCUT2D eigenvalue weighted by Gasteiger charge is -2.24. The maximum absolute atomic E-state index is 2.30. The van der Waals surface area contributed by atoms with Crippen LogP contribution in [0.1, 0.15) is 198 Å². The van der Waals surface area contributed by atoms with E-state index in [4.69, 9.17) is 0 Å². The molecule has 0 aliphatic carbocycles. The summed E-state index contributed by atoms with van der Waals surface area (Å²) in [4.78, 5) is 0. The average Bonchev–Trinajstić information content (AvgIpc) is 2.59. The summed E-state index contributed by atoms with van der Waals surface area (Å²) in [7, 11) is 0. The van der Waals surface area contributed by atoms with E-state index >= 15 is 0 Å². The van der Waals surface area contributed by atoms with Crippen LogP contribution in [-0.2, 0) is 0 Å². The van der Waals surface area contributed by atoms with Crippen LogP contribution in [0.2, 0.25) is 0 Å². The van der Waals surface area contributed by atoms with Crippen molar-refractivity contribution in [1.82, 2.24) is 0 Å². The van der Waals surface area contributed by atoms with Gasteiger partial charge in [0, 0.05) is 0 Å². The highest BCUT2D eigenvalue weighted by molar-refractivity contribution is 4.68. The van der Waals surface area contributed by atoms with E-state index in [0.717, 1.165) is 0 Å². The minimum Gasteiger partial charge on any atom is -0.0683 e. The quantitative estimate of drug-likeness (QED) is 0.334. The number of rotatable bonds is 1. The Hall–Kier alpha value is 0. The van der Waals surface area contributed by atoms with E-state index in [1.165, 1.54) is 32.1 Å². The second-order valence-corrected chi connectivity index (χ2v) is 17.4. The molecule has 0 atom stereocenters. The molecule has 0 N–H and O–H groups in total. The highest BCUT2D eigenvalue weighted by Gasteiger charge is 2.16. The standard InChI is InChI=1S/C10H22.3C6H14.C5H12.C2H6/c1-9(2,3)7-8-10(4,5)6;3*1-5-6(2,3)4;1-5(2,3)4;1-2/h7-8H2,1-6H3;3*5H2,1-4H3;1-4H3;1-2H3. The number of hydrogen-bond acceptors (Lipinski definition) is 0. The van der Waals surface area contributed by atoms with E-state index in [0.29, 0.717) is 32.5 Å². The molecular formula is C35H82. The molecule has 0 saturated carbocycles. The topological polar surface area (TPSA) is 0 Å². The van der Waals surface area contributed by atoms with Gasteiger partial charge in [-0.3, -0.25) is 0 Å². The maximum atomic E-state index is 2.30. The molecule has 0 heteroatoms. The Morgan fingerprint density at radius 1 is 0.286 bits per heavy atom. The van der Waals surface area contributed by atoms with Gasteiger partial charge in [0.05, 0.1) is 0 Å². The highest BCUT2D eigenvalue weighted by atomic mass is 14.2. The molecule has 0 fully saturated rings. The Morgan fingerprint density at radius 3 is 0.400 bits per heavy atom. The fraction of sp³-hybridized carbons (Fsp3) is 1.00. The van der Waals surface area contributed by atoms with Crippen LogP contribution in [0, 0.1) is 32.5 Å². The number of hydrogen-bond donors (Lipinski definition) is 0. The van der Waals surface area contributed by atoms with Gasteiger partial charge in [-0.15, -0.1) is 0 Å². The van der Waals surface area contributed by atoms with Gasteiger partial charge in [-0.25, -0.2) is 0 Å². The molecule has 0 aromatic heterocycles. The van der Waals surface area contributed by atoms with Crippen molar-refractivity contribution in [2.75, 3.05) is 0 Å². The molecule has 0 heterocycles. The Bertz CT molecular complexity index is 329. The van der Waals surface area contributed by atoms with Crippen LogP contribution in [-0.4, -0.2) is 0 Å². The van der Waals surface area contributed by atoms with Crippen molar-refractivity contribution in [2.45, 2.75) is 198 Å². The highest BCUT2D eigenvalue weighted by Crippen LogP contribution is 2.29. The van der Waals surface area contributed by atoms with Crippen LogP contribution >= 0.6 is 0 Å². The zero-order valence-electron chi connectivity index (χ0n) is 30.5. The van der Waals surface area contributed by atoms with Crippen molar-refractivity contribution in [2.24, 2.45) is 32.5 Å². The monoisotopic (exact) mass is 503 g/mol. The van der Waals surface area contributed by atoms with Crippen LogP contribution in [0.3, 0.4) is 0 Å². The van der Waals surface area contributed by atoms with Gasteiger partial charge in [0.2, 0.25) is 0 Å². The van der Waals surface area contributed by atoms with Crippen LogP contribution in [0.15, 0.2) is 0 Å². The van der Waals surface area contributed by atoms with Gasteiger partial charge in [0.1, 0.15) is 0 Å². The molecule has 0 aliphatic rings. The molecule has 222 valence electrons. The molecule has 0 amide bonds. The predicted octanol–water partition coefficient (Wildman–Crippen LogP) is 14.3. The summed E-state index contributed by atoms with van der Waals surface area (Å²) >= 11 is 0. The third kappa shape index (κ3) is 136. The Kier molecular flexibility index (Phi) is 30.3. The first-order valence-corrected chi connectivity index (χ1v) is 14.9. The molecule has 0 spiro atoms. The summed E-state index contributed by atoms with van der Waals surface area (Å²) in [5.74, 6) is 0. The van der Waals surface area contributed by atoms with Crippen LogP contribution < -0.4 is 0 Å². The van der Waals surface area contributed by atoms with E-state index in [2.05, 4.69) is 152 Å². The summed E-state index contributed by atoms with van der Waals surface area (Å²) in [5, 5.41) is 0. The Labute approximate surface area is 230 Å². The van der Waals surface area contributed by atoms with Gasteiger partial charge in [-0.1, -0.05) is 185 Å². The minimum atomic E-state index is 0.500. The molecule has 0 unspecified atom stereocenters. The lowest BCUT2D eigenvalue weighted by molar-refractivity contribution is 0.275. The van der Waals surface area contributed by atoms with Crippen LogP contribution in [0.5, 0.6) is 0 Å². The lowest BCUT2D eigenvalue weighted by Crippen LogP contribution is -2.12. The summed E-state index contributed by atoms with van der Waals surface area (Å²) in [6.07, 6.45) is 6.47. The van der Waals surface area contributed by atoms with E-state index < -0.39 is 0 Å². The second-order valence-electron chi connectivity index (χ2n) is 17.4. The second kappa shape index (κ2) is 22.0. The summed E-state index contributed by atoms with van der Waals surface area (Å²) in [5.41, 5.74) is 3.14. The third-order valence-corrected chi connectivity index (χ3v) is 4.81. The molecule has 0 radical (unpaired) electrons. The van der Waals surface area contributed by atoms with E-state index in [9.17, 15) is 0 Å². The molecule has 35 heavy (non-hydrogen) atoms. The summed E-state index contributed by atoms with van der Waals surface area (Å²) < 4.78 is 0. The first-order valence-electron chi connectivity index (χ1n) is 14.9. The lowest BCUT2D eigenvalue weighted by atomic mass is 9.81. The van der Waals surface area contributed by atoms with Crippen molar-refractivity contribution in [3.05, 3.63) is 0 Å². The van der Waals surface area contributed by atoms with E-state index in [1.807, 2.05) is 13.8 Å². The van der Waals surface area contributed by atoms with E-state index in [1.54, 1.807) is 0 Å². The van der Waals surface area contributed by atoms with Crippen LogP contribution in [0.25, 0.3) is 0 Å². The van der Waals surface area contributed by atoms with Crippen molar-refractivity contribution >= 4 is 0 Å². The Balaban J connectivity index is -0.0000000755. The molecule has 0 aromatic carbocycles. The molecule has 0 aliphatic heterocycles. The van der Waals surface area contributed by atoms with Gasteiger partial charge < -0.3 is 0 Å². The fourth-order valence-electron chi connectivity index (χ4n) is 0.750. The molecule has 0 nitrogen and oxygen atoms in total. The predicted molar refractivity (Wildman–Crippen MR) is 174 cm³/mol.